The van der Waals surface area contributed by atoms with Crippen LogP contribution < -0.4 is 0 Å². The van der Waals surface area contributed by atoms with Crippen LogP contribution in [0.25, 0.3) is 0 Å². The van der Waals surface area contributed by atoms with Gasteiger partial charge in [0.1, 0.15) is 5.54 Å². The Morgan fingerprint density at radius 1 is 1.36 bits per heavy atom. The van der Waals surface area contributed by atoms with E-state index in [2.05, 4.69) is 11.0 Å². The van der Waals surface area contributed by atoms with Crippen LogP contribution in [0, 0.1) is 11.3 Å². The first kappa shape index (κ1) is 9.91. The van der Waals surface area contributed by atoms with E-state index < -0.39 is 5.54 Å². The molecular weight excluding hydrogens is 180 g/mol. The molecule has 0 aromatic carbocycles. The lowest BCUT2D eigenvalue weighted by Crippen LogP contribution is -2.56. The Morgan fingerprint density at radius 3 is 2.57 bits per heavy atom. The number of rotatable bonds is 1. The van der Waals surface area contributed by atoms with Crippen molar-refractivity contribution in [2.75, 3.05) is 32.9 Å². The Kier molecular flexibility index (Phi) is 2.73. The highest BCUT2D eigenvalue weighted by Gasteiger charge is 2.47. The highest BCUT2D eigenvalue weighted by molar-refractivity contribution is 5.15. The molecule has 0 aromatic rings. The molecule has 2 aliphatic heterocycles. The summed E-state index contributed by atoms with van der Waals surface area (Å²) in [6.07, 6.45) is 0.843. The van der Waals surface area contributed by atoms with E-state index in [0.717, 1.165) is 32.7 Å². The second-order valence-electron chi connectivity index (χ2n) is 3.90. The van der Waals surface area contributed by atoms with Gasteiger partial charge in [0, 0.05) is 26.1 Å². The summed E-state index contributed by atoms with van der Waals surface area (Å²) in [4.78, 5) is 2.22. The van der Waals surface area contributed by atoms with Crippen molar-refractivity contribution in [3.63, 3.8) is 0 Å². The second kappa shape index (κ2) is 3.85. The zero-order valence-electron chi connectivity index (χ0n) is 8.53. The van der Waals surface area contributed by atoms with Gasteiger partial charge in [-0.2, -0.15) is 5.26 Å². The van der Waals surface area contributed by atoms with E-state index in [9.17, 15) is 5.26 Å². The Morgan fingerprint density at radius 2 is 2.07 bits per heavy atom. The molecular formula is C10H16N2O2. The summed E-state index contributed by atoms with van der Waals surface area (Å²) >= 11 is 0. The van der Waals surface area contributed by atoms with Crippen LogP contribution in [0.1, 0.15) is 13.3 Å². The molecule has 2 aliphatic rings. The van der Waals surface area contributed by atoms with Crippen LogP contribution in [0.4, 0.5) is 0 Å². The first-order valence-electron chi connectivity index (χ1n) is 5.15. The second-order valence-corrected chi connectivity index (χ2v) is 3.90. The smallest absolute Gasteiger partial charge is 0.137 e. The lowest BCUT2D eigenvalue weighted by Gasteiger charge is -2.39. The zero-order chi connectivity index (χ0) is 10.0. The summed E-state index contributed by atoms with van der Waals surface area (Å²) < 4.78 is 10.8. The molecule has 0 amide bonds. The normalized spacial score (nSPS) is 39.6. The molecule has 0 N–H and O–H groups in total. The Labute approximate surface area is 84.4 Å². The van der Waals surface area contributed by atoms with Gasteiger partial charge in [-0.1, -0.05) is 0 Å². The highest BCUT2D eigenvalue weighted by Crippen LogP contribution is 2.32. The van der Waals surface area contributed by atoms with Crippen LogP contribution >= 0.6 is 0 Å². The minimum atomic E-state index is -0.399. The van der Waals surface area contributed by atoms with Gasteiger partial charge >= 0.3 is 0 Å². The molecule has 78 valence electrons. The van der Waals surface area contributed by atoms with Gasteiger partial charge in [0.25, 0.3) is 0 Å². The summed E-state index contributed by atoms with van der Waals surface area (Å²) in [6, 6.07) is 2.44. The van der Waals surface area contributed by atoms with Crippen molar-refractivity contribution >= 4 is 0 Å². The van der Waals surface area contributed by atoms with Crippen molar-refractivity contribution in [1.29, 1.82) is 5.26 Å². The molecule has 0 bridgehead atoms. The third-order valence-electron chi connectivity index (χ3n) is 3.29. The molecule has 4 heteroatoms. The summed E-state index contributed by atoms with van der Waals surface area (Å²) in [6.45, 7) is 5.85. The van der Waals surface area contributed by atoms with E-state index in [1.54, 1.807) is 0 Å². The van der Waals surface area contributed by atoms with Crippen molar-refractivity contribution in [1.82, 2.24) is 4.90 Å². The van der Waals surface area contributed by atoms with Crippen LogP contribution in [0.5, 0.6) is 0 Å². The van der Waals surface area contributed by atoms with Crippen molar-refractivity contribution in [2.45, 2.75) is 25.0 Å². The summed E-state index contributed by atoms with van der Waals surface area (Å²) in [5.41, 5.74) is -0.399. The minimum absolute atomic E-state index is 0.0191. The van der Waals surface area contributed by atoms with Crippen LogP contribution in [0.2, 0.25) is 0 Å². The molecule has 2 rings (SSSR count). The minimum Gasteiger partial charge on any atom is -0.379 e. The van der Waals surface area contributed by atoms with Crippen molar-refractivity contribution in [3.05, 3.63) is 0 Å². The maximum atomic E-state index is 9.33. The molecule has 2 fully saturated rings. The van der Waals surface area contributed by atoms with Gasteiger partial charge in [-0.25, -0.2) is 0 Å². The summed E-state index contributed by atoms with van der Waals surface area (Å²) in [5, 5.41) is 9.33. The number of morpholine rings is 1. The van der Waals surface area contributed by atoms with Crippen LogP contribution in [-0.4, -0.2) is 49.5 Å². The molecule has 0 radical (unpaired) electrons. The monoisotopic (exact) mass is 196 g/mol. The Hall–Kier alpha value is -0.630. The average molecular weight is 196 g/mol. The first-order valence-corrected chi connectivity index (χ1v) is 5.15. The lowest BCUT2D eigenvalue weighted by molar-refractivity contribution is -0.0269. The number of hydrogen-bond donors (Lipinski definition) is 0. The summed E-state index contributed by atoms with van der Waals surface area (Å²) in [5.74, 6) is 0. The van der Waals surface area contributed by atoms with Crippen LogP contribution in [0.3, 0.4) is 0 Å². The fourth-order valence-electron chi connectivity index (χ4n) is 2.33. The number of hydrogen-bond acceptors (Lipinski definition) is 4. The van der Waals surface area contributed by atoms with Crippen LogP contribution in [0.15, 0.2) is 0 Å². The SMILES string of the molecule is CC1OCCC1(C#N)N1CCOCC1. The number of nitrogens with zero attached hydrogens (tertiary/aromatic N) is 2. The molecule has 2 heterocycles. The molecule has 0 saturated carbocycles. The van der Waals surface area contributed by atoms with Crippen molar-refractivity contribution in [3.8, 4) is 6.07 Å². The van der Waals surface area contributed by atoms with E-state index in [0.29, 0.717) is 6.61 Å². The highest BCUT2D eigenvalue weighted by atomic mass is 16.5. The predicted octanol–water partition coefficient (Wildman–Crippen LogP) is 0.390. The van der Waals surface area contributed by atoms with Crippen LogP contribution in [-0.2, 0) is 9.47 Å². The van der Waals surface area contributed by atoms with E-state index in [1.165, 1.54) is 0 Å². The molecule has 0 spiro atoms. The third-order valence-corrected chi connectivity index (χ3v) is 3.29. The molecule has 2 unspecified atom stereocenters. The van der Waals surface area contributed by atoms with Crippen molar-refractivity contribution < 1.29 is 9.47 Å². The molecule has 0 aliphatic carbocycles. The van der Waals surface area contributed by atoms with Gasteiger partial charge in [-0.3, -0.25) is 4.90 Å². The fraction of sp³-hybridized carbons (Fsp3) is 0.900. The van der Waals surface area contributed by atoms with Crippen molar-refractivity contribution in [2.24, 2.45) is 0 Å². The number of ether oxygens (including phenoxy) is 2. The van der Waals surface area contributed by atoms with Gasteiger partial charge in [0.2, 0.25) is 0 Å². The van der Waals surface area contributed by atoms with E-state index >= 15 is 0 Å². The topological polar surface area (TPSA) is 45.5 Å². The van der Waals surface area contributed by atoms with E-state index in [4.69, 9.17) is 9.47 Å². The Balaban J connectivity index is 2.14. The quantitative estimate of drug-likeness (QED) is 0.608. The summed E-state index contributed by atoms with van der Waals surface area (Å²) in [7, 11) is 0. The number of nitriles is 1. The zero-order valence-corrected chi connectivity index (χ0v) is 8.53. The molecule has 2 atom stereocenters. The predicted molar refractivity (Wildman–Crippen MR) is 50.8 cm³/mol. The lowest BCUT2D eigenvalue weighted by atomic mass is 9.91. The third kappa shape index (κ3) is 1.42. The first-order chi connectivity index (χ1) is 6.79. The van der Waals surface area contributed by atoms with Gasteiger partial charge in [0.05, 0.1) is 25.4 Å². The van der Waals surface area contributed by atoms with Gasteiger partial charge in [-0.05, 0) is 6.92 Å². The fourth-order valence-corrected chi connectivity index (χ4v) is 2.33. The van der Waals surface area contributed by atoms with Gasteiger partial charge < -0.3 is 9.47 Å². The average Bonchev–Trinajstić information content (AvgIpc) is 2.62. The van der Waals surface area contributed by atoms with Gasteiger partial charge in [0.15, 0.2) is 0 Å². The molecule has 2 saturated heterocycles. The molecule has 14 heavy (non-hydrogen) atoms. The van der Waals surface area contributed by atoms with E-state index in [-0.39, 0.29) is 6.10 Å². The molecule has 4 nitrogen and oxygen atoms in total. The Bertz CT molecular complexity index is 245. The van der Waals surface area contributed by atoms with E-state index in [1.807, 2.05) is 6.92 Å². The maximum absolute atomic E-state index is 9.33. The molecule has 0 aromatic heterocycles. The standard InChI is InChI=1S/C10H16N2O2/c1-9-10(8-11,2-5-14-9)12-3-6-13-7-4-12/h9H,2-7H2,1H3. The van der Waals surface area contributed by atoms with Gasteiger partial charge in [-0.15, -0.1) is 0 Å². The maximum Gasteiger partial charge on any atom is 0.137 e. The largest absolute Gasteiger partial charge is 0.379 e.